The molecule has 1 aliphatic rings. The quantitative estimate of drug-likeness (QED) is 0.724. The molecule has 1 N–H and O–H groups in total. The topological polar surface area (TPSA) is 35.6 Å². The molecular weight excluding hydrogens is 226 g/mol. The van der Waals surface area contributed by atoms with Crippen LogP contribution in [0.2, 0.25) is 0 Å². The Kier molecular flexibility index (Phi) is 6.09. The van der Waals surface area contributed by atoms with E-state index in [2.05, 4.69) is 45.1 Å². The van der Waals surface area contributed by atoms with Crippen molar-refractivity contribution in [3.63, 3.8) is 0 Å². The Bertz CT molecular complexity index is 266. The van der Waals surface area contributed by atoms with Crippen molar-refractivity contribution in [1.82, 2.24) is 15.1 Å². The van der Waals surface area contributed by atoms with Gasteiger partial charge < -0.3 is 15.1 Å². The summed E-state index contributed by atoms with van der Waals surface area (Å²) in [5.41, 5.74) is 0. The van der Waals surface area contributed by atoms with Crippen molar-refractivity contribution < 1.29 is 4.79 Å². The van der Waals surface area contributed by atoms with Crippen LogP contribution < -0.4 is 5.32 Å². The molecule has 0 aromatic carbocycles. The Morgan fingerprint density at radius 2 is 2.06 bits per heavy atom. The maximum absolute atomic E-state index is 12.1. The Morgan fingerprint density at radius 1 is 1.39 bits per heavy atom. The molecule has 0 bridgehead atoms. The lowest BCUT2D eigenvalue weighted by Crippen LogP contribution is -2.36. The molecule has 1 aliphatic heterocycles. The number of likely N-dealkylation sites (N-methyl/N-ethyl adjacent to an activating group) is 1. The third-order valence-corrected chi connectivity index (χ3v) is 3.71. The summed E-state index contributed by atoms with van der Waals surface area (Å²) >= 11 is 0. The van der Waals surface area contributed by atoms with Crippen molar-refractivity contribution in [2.45, 2.75) is 45.7 Å². The second-order valence-corrected chi connectivity index (χ2v) is 6.02. The first-order valence-corrected chi connectivity index (χ1v) is 7.09. The van der Waals surface area contributed by atoms with Gasteiger partial charge in [0.25, 0.3) is 0 Å². The summed E-state index contributed by atoms with van der Waals surface area (Å²) in [6.07, 6.45) is 1.61. The molecule has 106 valence electrons. The standard InChI is InChI=1S/C14H29N3O/c1-11(2)15-8-6-7-14(18)17-9-12(3)13(10-17)16(4)5/h11-13,15H,6-10H2,1-5H3. The highest BCUT2D eigenvalue weighted by Crippen LogP contribution is 2.20. The lowest BCUT2D eigenvalue weighted by Gasteiger charge is -2.22. The summed E-state index contributed by atoms with van der Waals surface area (Å²) in [5, 5.41) is 3.35. The van der Waals surface area contributed by atoms with Crippen molar-refractivity contribution >= 4 is 5.91 Å². The maximum Gasteiger partial charge on any atom is 0.222 e. The van der Waals surface area contributed by atoms with Crippen LogP contribution in [0, 0.1) is 5.92 Å². The normalized spacial score (nSPS) is 24.3. The van der Waals surface area contributed by atoms with Gasteiger partial charge in [-0.05, 0) is 33.0 Å². The number of nitrogens with one attached hydrogen (secondary N) is 1. The molecule has 0 aromatic heterocycles. The van der Waals surface area contributed by atoms with Crippen LogP contribution in [0.15, 0.2) is 0 Å². The van der Waals surface area contributed by atoms with Crippen LogP contribution >= 0.6 is 0 Å². The van der Waals surface area contributed by atoms with Crippen LogP contribution in [-0.2, 0) is 4.79 Å². The molecule has 0 aliphatic carbocycles. The molecule has 0 radical (unpaired) electrons. The van der Waals surface area contributed by atoms with Crippen molar-refractivity contribution in [3.8, 4) is 0 Å². The zero-order chi connectivity index (χ0) is 13.7. The van der Waals surface area contributed by atoms with Crippen LogP contribution in [0.4, 0.5) is 0 Å². The summed E-state index contributed by atoms with van der Waals surface area (Å²) in [4.78, 5) is 16.4. The zero-order valence-electron chi connectivity index (χ0n) is 12.6. The highest BCUT2D eigenvalue weighted by Gasteiger charge is 2.33. The van der Waals surface area contributed by atoms with E-state index >= 15 is 0 Å². The molecule has 0 spiro atoms. The van der Waals surface area contributed by atoms with E-state index < -0.39 is 0 Å². The third kappa shape index (κ3) is 4.58. The fourth-order valence-corrected chi connectivity index (χ4v) is 2.61. The highest BCUT2D eigenvalue weighted by molar-refractivity contribution is 5.76. The van der Waals surface area contributed by atoms with E-state index in [4.69, 9.17) is 0 Å². The molecule has 1 fully saturated rings. The van der Waals surface area contributed by atoms with Crippen LogP contribution in [0.25, 0.3) is 0 Å². The van der Waals surface area contributed by atoms with Crippen molar-refractivity contribution in [2.75, 3.05) is 33.7 Å². The van der Waals surface area contributed by atoms with E-state index in [0.29, 0.717) is 30.3 Å². The average molecular weight is 255 g/mol. The number of amides is 1. The van der Waals surface area contributed by atoms with E-state index in [1.165, 1.54) is 0 Å². The first-order valence-electron chi connectivity index (χ1n) is 7.09. The summed E-state index contributed by atoms with van der Waals surface area (Å²) in [5.74, 6) is 0.898. The number of carbonyl (C=O) groups is 1. The molecule has 0 saturated carbocycles. The second kappa shape index (κ2) is 7.10. The minimum Gasteiger partial charge on any atom is -0.341 e. The number of hydrogen-bond acceptors (Lipinski definition) is 3. The van der Waals surface area contributed by atoms with E-state index in [1.54, 1.807) is 0 Å². The summed E-state index contributed by atoms with van der Waals surface area (Å²) in [6, 6.07) is 1.02. The fraction of sp³-hybridized carbons (Fsp3) is 0.929. The predicted molar refractivity (Wildman–Crippen MR) is 75.6 cm³/mol. The summed E-state index contributed by atoms with van der Waals surface area (Å²) < 4.78 is 0. The van der Waals surface area contributed by atoms with Gasteiger partial charge in [-0.25, -0.2) is 0 Å². The molecule has 2 atom stereocenters. The largest absolute Gasteiger partial charge is 0.341 e. The van der Waals surface area contributed by atoms with Crippen molar-refractivity contribution in [3.05, 3.63) is 0 Å². The zero-order valence-corrected chi connectivity index (χ0v) is 12.6. The van der Waals surface area contributed by atoms with Crippen LogP contribution in [-0.4, -0.2) is 61.5 Å². The van der Waals surface area contributed by atoms with Crippen molar-refractivity contribution in [1.29, 1.82) is 0 Å². The Morgan fingerprint density at radius 3 is 2.56 bits per heavy atom. The number of nitrogens with zero attached hydrogens (tertiary/aromatic N) is 2. The van der Waals surface area contributed by atoms with Gasteiger partial charge in [0.2, 0.25) is 5.91 Å². The predicted octanol–water partition coefficient (Wildman–Crippen LogP) is 1.17. The highest BCUT2D eigenvalue weighted by atomic mass is 16.2. The van der Waals surface area contributed by atoms with E-state index in [-0.39, 0.29) is 0 Å². The molecule has 4 nitrogen and oxygen atoms in total. The smallest absolute Gasteiger partial charge is 0.222 e. The van der Waals surface area contributed by atoms with E-state index in [0.717, 1.165) is 26.1 Å². The van der Waals surface area contributed by atoms with Gasteiger partial charge in [-0.3, -0.25) is 4.79 Å². The van der Waals surface area contributed by atoms with Crippen molar-refractivity contribution in [2.24, 2.45) is 5.92 Å². The lowest BCUT2D eigenvalue weighted by atomic mass is 10.1. The fourth-order valence-electron chi connectivity index (χ4n) is 2.61. The van der Waals surface area contributed by atoms with Gasteiger partial charge in [-0.2, -0.15) is 0 Å². The Hall–Kier alpha value is -0.610. The number of carbonyl (C=O) groups excluding carboxylic acids is 1. The SMILES string of the molecule is CC(C)NCCCC(=O)N1CC(C)C(N(C)C)C1. The van der Waals surface area contributed by atoms with Gasteiger partial charge in [0.1, 0.15) is 0 Å². The van der Waals surface area contributed by atoms with Gasteiger partial charge in [0.15, 0.2) is 0 Å². The average Bonchev–Trinajstić information content (AvgIpc) is 2.66. The Balaban J connectivity index is 2.27. The van der Waals surface area contributed by atoms with Crippen LogP contribution in [0.5, 0.6) is 0 Å². The first-order chi connectivity index (χ1) is 8.41. The molecule has 18 heavy (non-hydrogen) atoms. The molecular formula is C14H29N3O. The molecule has 0 aromatic rings. The molecule has 1 rings (SSSR count). The van der Waals surface area contributed by atoms with E-state index in [1.807, 2.05) is 4.90 Å². The summed E-state index contributed by atoms with van der Waals surface area (Å²) in [6.45, 7) is 9.24. The van der Waals surface area contributed by atoms with Crippen LogP contribution in [0.1, 0.15) is 33.6 Å². The molecule has 2 unspecified atom stereocenters. The molecule has 1 heterocycles. The lowest BCUT2D eigenvalue weighted by molar-refractivity contribution is -0.130. The Labute approximate surface area is 112 Å². The van der Waals surface area contributed by atoms with Gasteiger partial charge in [-0.1, -0.05) is 20.8 Å². The molecule has 4 heteroatoms. The monoisotopic (exact) mass is 255 g/mol. The minimum absolute atomic E-state index is 0.316. The third-order valence-electron chi connectivity index (χ3n) is 3.71. The van der Waals surface area contributed by atoms with E-state index in [9.17, 15) is 4.79 Å². The number of rotatable bonds is 6. The van der Waals surface area contributed by atoms with Gasteiger partial charge in [-0.15, -0.1) is 0 Å². The second-order valence-electron chi connectivity index (χ2n) is 6.02. The van der Waals surface area contributed by atoms with Gasteiger partial charge in [0.05, 0.1) is 0 Å². The summed E-state index contributed by atoms with van der Waals surface area (Å²) in [7, 11) is 4.20. The minimum atomic E-state index is 0.316. The molecule has 1 amide bonds. The maximum atomic E-state index is 12.1. The number of hydrogen-bond donors (Lipinski definition) is 1. The number of likely N-dealkylation sites (tertiary alicyclic amines) is 1. The van der Waals surface area contributed by atoms with Gasteiger partial charge in [0, 0.05) is 31.6 Å². The van der Waals surface area contributed by atoms with Gasteiger partial charge >= 0.3 is 0 Å². The molecule has 1 saturated heterocycles. The first kappa shape index (κ1) is 15.4. The van der Waals surface area contributed by atoms with Crippen LogP contribution in [0.3, 0.4) is 0 Å².